The minimum absolute atomic E-state index is 0.0241. The molecule has 1 spiro atoms. The molecule has 0 unspecified atom stereocenters. The summed E-state index contributed by atoms with van der Waals surface area (Å²) in [5, 5.41) is 27.9. The van der Waals surface area contributed by atoms with Crippen molar-refractivity contribution in [1.29, 1.82) is 0 Å². The van der Waals surface area contributed by atoms with Crippen LogP contribution in [0.25, 0.3) is 0 Å². The van der Waals surface area contributed by atoms with E-state index in [1.54, 1.807) is 30.3 Å². The third-order valence-electron chi connectivity index (χ3n) is 4.97. The first-order valence-corrected chi connectivity index (χ1v) is 8.81. The van der Waals surface area contributed by atoms with E-state index < -0.39 is 28.2 Å². The average Bonchev–Trinajstić information content (AvgIpc) is 3.26. The minimum Gasteiger partial charge on any atom is -0.478 e. The molecule has 2 N–H and O–H groups in total. The number of rotatable bonds is 4. The molecule has 2 aromatic carbocycles. The molecule has 2 heterocycles. The van der Waals surface area contributed by atoms with E-state index in [9.17, 15) is 24.5 Å². The number of para-hydroxylation sites is 1. The van der Waals surface area contributed by atoms with Crippen LogP contribution >= 0.6 is 0 Å². The summed E-state index contributed by atoms with van der Waals surface area (Å²) in [4.78, 5) is 47.3. The van der Waals surface area contributed by atoms with Crippen LogP contribution in [0.2, 0.25) is 0 Å². The molecule has 10 heteroatoms. The van der Waals surface area contributed by atoms with Gasteiger partial charge in [0.2, 0.25) is 0 Å². The molecule has 1 atom stereocenters. The molecule has 10 nitrogen and oxygen atoms in total. The summed E-state index contributed by atoms with van der Waals surface area (Å²) in [6.45, 7) is 0. The molecule has 150 valence electrons. The Labute approximate surface area is 169 Å². The van der Waals surface area contributed by atoms with Gasteiger partial charge in [0.15, 0.2) is 5.54 Å². The predicted molar refractivity (Wildman–Crippen MR) is 105 cm³/mol. The van der Waals surface area contributed by atoms with Gasteiger partial charge in [-0.3, -0.25) is 19.7 Å². The quantitative estimate of drug-likeness (QED) is 0.452. The second-order valence-corrected chi connectivity index (χ2v) is 6.71. The third-order valence-corrected chi connectivity index (χ3v) is 4.97. The van der Waals surface area contributed by atoms with E-state index >= 15 is 0 Å². The van der Waals surface area contributed by atoms with Crippen LogP contribution in [0.4, 0.5) is 11.4 Å². The standard InChI is InChI=1S/C20H14N4O6/c25-17(8-9-18(26)27)23-20(14-6-1-2-7-15(14)21-19(20)28)11-16(22-23)12-4-3-5-13(10-12)24(29)30/h1-10H,11H2,(H,21,28)(H,26,27)/b9-8+/t20-/m1/s1. The van der Waals surface area contributed by atoms with Crippen molar-refractivity contribution < 1.29 is 24.4 Å². The fourth-order valence-corrected chi connectivity index (χ4v) is 3.65. The van der Waals surface area contributed by atoms with Gasteiger partial charge >= 0.3 is 5.97 Å². The molecule has 0 radical (unpaired) electrons. The first-order chi connectivity index (χ1) is 14.3. The van der Waals surface area contributed by atoms with Crippen molar-refractivity contribution in [2.24, 2.45) is 5.10 Å². The molecule has 0 saturated heterocycles. The summed E-state index contributed by atoms with van der Waals surface area (Å²) in [6, 6.07) is 12.5. The minimum atomic E-state index is -1.52. The van der Waals surface area contributed by atoms with Crippen molar-refractivity contribution in [3.8, 4) is 0 Å². The molecule has 4 rings (SSSR count). The molecular weight excluding hydrogens is 392 g/mol. The smallest absolute Gasteiger partial charge is 0.328 e. The lowest BCUT2D eigenvalue weighted by molar-refractivity contribution is -0.384. The number of hydrogen-bond donors (Lipinski definition) is 2. The number of nitrogens with one attached hydrogen (secondary N) is 1. The maximum absolute atomic E-state index is 13.0. The Bertz CT molecular complexity index is 1170. The Morgan fingerprint density at radius 3 is 2.70 bits per heavy atom. The summed E-state index contributed by atoms with van der Waals surface area (Å²) in [7, 11) is 0. The van der Waals surface area contributed by atoms with Gasteiger partial charge in [-0.05, 0) is 6.07 Å². The van der Waals surface area contributed by atoms with E-state index in [4.69, 9.17) is 5.11 Å². The number of hydrazone groups is 1. The van der Waals surface area contributed by atoms with Crippen LogP contribution in [-0.2, 0) is 19.9 Å². The Balaban J connectivity index is 1.85. The molecule has 2 aliphatic heterocycles. The number of hydrogen-bond acceptors (Lipinski definition) is 6. The number of amides is 2. The van der Waals surface area contributed by atoms with Crippen molar-refractivity contribution in [1.82, 2.24) is 5.01 Å². The predicted octanol–water partition coefficient (Wildman–Crippen LogP) is 2.02. The SMILES string of the molecule is O=C(O)/C=C/C(=O)N1N=C(c2cccc([N+](=O)[O-])c2)C[C@@]12C(=O)Nc1ccccc12. The van der Waals surface area contributed by atoms with Crippen molar-refractivity contribution >= 4 is 34.9 Å². The Morgan fingerprint density at radius 1 is 1.20 bits per heavy atom. The second-order valence-electron chi connectivity index (χ2n) is 6.71. The van der Waals surface area contributed by atoms with E-state index in [-0.39, 0.29) is 12.1 Å². The first kappa shape index (κ1) is 19.0. The number of carbonyl (C=O) groups excluding carboxylic acids is 2. The highest BCUT2D eigenvalue weighted by molar-refractivity contribution is 6.16. The number of aliphatic carboxylic acids is 1. The zero-order valence-electron chi connectivity index (χ0n) is 15.3. The summed E-state index contributed by atoms with van der Waals surface area (Å²) >= 11 is 0. The number of carbonyl (C=O) groups is 3. The highest BCUT2D eigenvalue weighted by Crippen LogP contribution is 2.47. The molecule has 0 saturated carbocycles. The van der Waals surface area contributed by atoms with Gasteiger partial charge in [-0.1, -0.05) is 30.3 Å². The molecule has 2 aromatic rings. The fraction of sp³-hybridized carbons (Fsp3) is 0.100. The summed E-state index contributed by atoms with van der Waals surface area (Å²) in [6.07, 6.45) is 1.46. The van der Waals surface area contributed by atoms with Crippen molar-refractivity contribution in [3.63, 3.8) is 0 Å². The number of nitro groups is 1. The lowest BCUT2D eigenvalue weighted by atomic mass is 9.85. The number of carboxylic acids is 1. The number of nitro benzene ring substituents is 1. The van der Waals surface area contributed by atoms with Gasteiger partial charge in [-0.2, -0.15) is 5.10 Å². The van der Waals surface area contributed by atoms with Gasteiger partial charge in [-0.15, -0.1) is 0 Å². The Kier molecular flexibility index (Phi) is 4.38. The molecule has 2 amide bonds. The lowest BCUT2D eigenvalue weighted by Crippen LogP contribution is -2.48. The maximum atomic E-state index is 13.0. The fourth-order valence-electron chi connectivity index (χ4n) is 3.65. The number of non-ortho nitro benzene ring substituents is 1. The molecule has 0 aromatic heterocycles. The van der Waals surface area contributed by atoms with E-state index in [2.05, 4.69) is 10.4 Å². The van der Waals surface area contributed by atoms with Crippen molar-refractivity contribution in [3.05, 3.63) is 81.9 Å². The van der Waals surface area contributed by atoms with Gasteiger partial charge in [0.1, 0.15) is 0 Å². The van der Waals surface area contributed by atoms with E-state index in [0.717, 1.165) is 11.1 Å². The summed E-state index contributed by atoms with van der Waals surface area (Å²) in [5.74, 6) is -2.62. The topological polar surface area (TPSA) is 142 Å². The van der Waals surface area contributed by atoms with Gasteiger partial charge in [0.05, 0.1) is 10.6 Å². The van der Waals surface area contributed by atoms with Gasteiger partial charge in [0, 0.05) is 47.5 Å². The highest BCUT2D eigenvalue weighted by Gasteiger charge is 2.57. The number of benzene rings is 2. The highest BCUT2D eigenvalue weighted by atomic mass is 16.6. The van der Waals surface area contributed by atoms with E-state index in [1.807, 2.05) is 0 Å². The summed E-state index contributed by atoms with van der Waals surface area (Å²) < 4.78 is 0. The summed E-state index contributed by atoms with van der Waals surface area (Å²) in [5.41, 5.74) is 0.0301. The molecular formula is C20H14N4O6. The normalized spacial score (nSPS) is 19.7. The maximum Gasteiger partial charge on any atom is 0.328 e. The number of carboxylic acid groups (broad SMARTS) is 1. The molecule has 2 aliphatic rings. The van der Waals surface area contributed by atoms with Crippen LogP contribution in [0.5, 0.6) is 0 Å². The monoisotopic (exact) mass is 406 g/mol. The van der Waals surface area contributed by atoms with Crippen LogP contribution in [0, 0.1) is 10.1 Å². The van der Waals surface area contributed by atoms with Crippen LogP contribution in [-0.4, -0.2) is 38.5 Å². The van der Waals surface area contributed by atoms with Crippen LogP contribution < -0.4 is 5.32 Å². The Hall–Kier alpha value is -4.34. The first-order valence-electron chi connectivity index (χ1n) is 8.81. The molecule has 0 fully saturated rings. The van der Waals surface area contributed by atoms with Crippen molar-refractivity contribution in [2.75, 3.05) is 5.32 Å². The average molecular weight is 406 g/mol. The van der Waals surface area contributed by atoms with Crippen molar-refractivity contribution in [2.45, 2.75) is 12.0 Å². The second kappa shape index (κ2) is 6.92. The number of fused-ring (bicyclic) bond motifs is 2. The Morgan fingerprint density at radius 2 is 1.97 bits per heavy atom. The van der Waals surface area contributed by atoms with E-state index in [0.29, 0.717) is 28.6 Å². The van der Waals surface area contributed by atoms with Crippen LogP contribution in [0.15, 0.2) is 65.8 Å². The molecule has 0 bridgehead atoms. The molecule has 30 heavy (non-hydrogen) atoms. The number of nitrogens with zero attached hydrogens (tertiary/aromatic N) is 3. The van der Waals surface area contributed by atoms with Crippen LogP contribution in [0.1, 0.15) is 17.5 Å². The van der Waals surface area contributed by atoms with Gasteiger partial charge < -0.3 is 10.4 Å². The lowest BCUT2D eigenvalue weighted by Gasteiger charge is -2.29. The van der Waals surface area contributed by atoms with Crippen LogP contribution in [0.3, 0.4) is 0 Å². The third kappa shape index (κ3) is 2.91. The van der Waals surface area contributed by atoms with E-state index in [1.165, 1.54) is 18.2 Å². The number of anilines is 1. The molecule has 0 aliphatic carbocycles. The van der Waals surface area contributed by atoms with Gasteiger partial charge in [-0.25, -0.2) is 9.80 Å². The zero-order valence-corrected chi connectivity index (χ0v) is 15.3. The largest absolute Gasteiger partial charge is 0.478 e. The zero-order chi connectivity index (χ0) is 21.5. The van der Waals surface area contributed by atoms with Gasteiger partial charge in [0.25, 0.3) is 17.5 Å².